The molecule has 0 aromatic heterocycles. The molecule has 1 aliphatic rings. The number of aryl methyl sites for hydroxylation is 1. The summed E-state index contributed by atoms with van der Waals surface area (Å²) in [4.78, 5) is 37.9. The third-order valence-electron chi connectivity index (χ3n) is 8.24. The number of methoxy groups -OCH3 is 2. The van der Waals surface area contributed by atoms with E-state index in [0.717, 1.165) is 67.5 Å². The van der Waals surface area contributed by atoms with Crippen LogP contribution in [0.2, 0.25) is 0 Å². The molecule has 8 nitrogen and oxygen atoms in total. The number of benzene rings is 3. The molecule has 1 fully saturated rings. The van der Waals surface area contributed by atoms with E-state index in [1.165, 1.54) is 14.2 Å². The second-order valence-corrected chi connectivity index (χ2v) is 11.5. The molecular formula is C38H45NO7. The van der Waals surface area contributed by atoms with Gasteiger partial charge >= 0.3 is 11.9 Å². The lowest BCUT2D eigenvalue weighted by Crippen LogP contribution is -2.46. The van der Waals surface area contributed by atoms with Crippen molar-refractivity contribution in [3.63, 3.8) is 0 Å². The largest absolute Gasteiger partial charge is 0.493 e. The van der Waals surface area contributed by atoms with Crippen LogP contribution >= 0.6 is 0 Å². The van der Waals surface area contributed by atoms with Gasteiger partial charge in [-0.05, 0) is 92.8 Å². The lowest BCUT2D eigenvalue weighted by molar-refractivity contribution is -0.151. The normalized spacial score (nSPS) is 15.5. The Morgan fingerprint density at radius 2 is 1.54 bits per heavy atom. The number of allylic oxidation sites excluding steroid dienone is 1. The molecule has 0 N–H and O–H groups in total. The molecule has 0 spiro atoms. The second-order valence-electron chi connectivity index (χ2n) is 11.5. The summed E-state index contributed by atoms with van der Waals surface area (Å²) in [6, 6.07) is 23.2. The molecule has 244 valence electrons. The van der Waals surface area contributed by atoms with Crippen LogP contribution in [-0.2, 0) is 31.8 Å². The zero-order valence-electron chi connectivity index (χ0n) is 27.1. The van der Waals surface area contributed by atoms with E-state index >= 15 is 0 Å². The maximum absolute atomic E-state index is 12.2. The fraction of sp³-hybridized carbons (Fsp3) is 0.395. The second kappa shape index (κ2) is 17.9. The molecule has 1 heterocycles. The summed E-state index contributed by atoms with van der Waals surface area (Å²) >= 11 is 0. The minimum absolute atomic E-state index is 0.0798. The quantitative estimate of drug-likeness (QED) is 0.131. The van der Waals surface area contributed by atoms with Gasteiger partial charge in [-0.1, -0.05) is 54.6 Å². The molecule has 2 atom stereocenters. The van der Waals surface area contributed by atoms with E-state index in [1.807, 2.05) is 54.3 Å². The van der Waals surface area contributed by atoms with Gasteiger partial charge in [-0.25, -0.2) is 9.59 Å². The van der Waals surface area contributed by atoms with Gasteiger partial charge in [-0.15, -0.1) is 0 Å². The van der Waals surface area contributed by atoms with Crippen molar-refractivity contribution in [1.29, 1.82) is 0 Å². The molecule has 0 bridgehead atoms. The van der Waals surface area contributed by atoms with Crippen LogP contribution < -0.4 is 4.74 Å². The Morgan fingerprint density at radius 3 is 2.22 bits per heavy atom. The minimum atomic E-state index is -0.350. The van der Waals surface area contributed by atoms with Gasteiger partial charge < -0.3 is 23.8 Å². The summed E-state index contributed by atoms with van der Waals surface area (Å²) in [6.07, 6.45) is 9.38. The monoisotopic (exact) mass is 627 g/mol. The topological polar surface area (TPSA) is 91.4 Å². The summed E-state index contributed by atoms with van der Waals surface area (Å²) in [5.41, 5.74) is 4.35. The van der Waals surface area contributed by atoms with Gasteiger partial charge in [0, 0.05) is 18.7 Å². The van der Waals surface area contributed by atoms with Crippen molar-refractivity contribution >= 4 is 23.9 Å². The molecule has 1 amide bonds. The molecule has 8 heteroatoms. The van der Waals surface area contributed by atoms with Crippen LogP contribution in [0.4, 0.5) is 0 Å². The number of carbonyl (C=O) groups excluding carboxylic acids is 3. The summed E-state index contributed by atoms with van der Waals surface area (Å²) in [7, 11) is 2.76. The van der Waals surface area contributed by atoms with Crippen molar-refractivity contribution < 1.29 is 33.3 Å². The standard InChI is InChI=1S/C38H45NO7/c1-28-36(40)39(24-26-45-28)23-7-4-8-25-46-35-10-6-5-9-32(35)18-15-30(27-31-16-21-34(22-17-31)38(42)44-3)12-11-29-13-19-33(20-14-29)37(41)43-2/h5-6,9-10,13-22,28,30H,4,7-8,11-12,23-27H2,1-3H3/b18-15+. The summed E-state index contributed by atoms with van der Waals surface area (Å²) in [5.74, 6) is 0.439. The van der Waals surface area contributed by atoms with Gasteiger partial charge in [0.2, 0.25) is 0 Å². The molecule has 3 aromatic carbocycles. The first-order chi connectivity index (χ1) is 22.4. The smallest absolute Gasteiger partial charge is 0.337 e. The number of morpholine rings is 1. The minimum Gasteiger partial charge on any atom is -0.493 e. The zero-order chi connectivity index (χ0) is 32.7. The highest BCUT2D eigenvalue weighted by Gasteiger charge is 2.25. The van der Waals surface area contributed by atoms with E-state index in [4.69, 9.17) is 18.9 Å². The van der Waals surface area contributed by atoms with Gasteiger partial charge in [0.15, 0.2) is 0 Å². The number of ether oxygens (including phenoxy) is 4. The summed E-state index contributed by atoms with van der Waals surface area (Å²) in [6.45, 7) is 4.45. The highest BCUT2D eigenvalue weighted by Crippen LogP contribution is 2.24. The Labute approximate surface area is 272 Å². The SMILES string of the molecule is COC(=O)c1ccc(CCC(/C=C/c2ccccc2OCCCCCN2CCOC(C)C2=O)Cc2ccc(C(=O)OC)cc2)cc1. The Morgan fingerprint density at radius 1 is 0.891 bits per heavy atom. The molecule has 1 saturated heterocycles. The lowest BCUT2D eigenvalue weighted by atomic mass is 9.91. The predicted octanol–water partition coefficient (Wildman–Crippen LogP) is 6.56. The molecule has 4 rings (SSSR count). The molecule has 0 radical (unpaired) electrons. The number of hydrogen-bond donors (Lipinski definition) is 0. The van der Waals surface area contributed by atoms with Crippen LogP contribution in [0.3, 0.4) is 0 Å². The van der Waals surface area contributed by atoms with Crippen molar-refractivity contribution in [2.45, 2.75) is 51.6 Å². The van der Waals surface area contributed by atoms with Crippen LogP contribution in [0, 0.1) is 5.92 Å². The van der Waals surface area contributed by atoms with Crippen molar-refractivity contribution in [2.75, 3.05) is 40.5 Å². The van der Waals surface area contributed by atoms with Crippen LogP contribution in [0.15, 0.2) is 78.9 Å². The number of nitrogens with zero attached hydrogens (tertiary/aromatic N) is 1. The number of carbonyl (C=O) groups is 3. The van der Waals surface area contributed by atoms with E-state index in [-0.39, 0.29) is 29.9 Å². The van der Waals surface area contributed by atoms with Crippen LogP contribution in [-0.4, -0.2) is 69.4 Å². The molecule has 1 aliphatic heterocycles. The number of para-hydroxylation sites is 1. The third kappa shape index (κ3) is 10.3. The maximum Gasteiger partial charge on any atom is 0.337 e. The zero-order valence-corrected chi connectivity index (χ0v) is 27.1. The average molecular weight is 628 g/mol. The average Bonchev–Trinajstić information content (AvgIpc) is 3.09. The van der Waals surface area contributed by atoms with Crippen LogP contribution in [0.25, 0.3) is 6.08 Å². The summed E-state index contributed by atoms with van der Waals surface area (Å²) in [5, 5.41) is 0. The first-order valence-corrected chi connectivity index (χ1v) is 16.0. The van der Waals surface area contributed by atoms with E-state index in [2.05, 4.69) is 18.2 Å². The fourth-order valence-electron chi connectivity index (χ4n) is 5.49. The van der Waals surface area contributed by atoms with E-state index in [0.29, 0.717) is 30.9 Å². The van der Waals surface area contributed by atoms with Gasteiger partial charge in [0.05, 0.1) is 38.6 Å². The van der Waals surface area contributed by atoms with Gasteiger partial charge in [-0.2, -0.15) is 0 Å². The van der Waals surface area contributed by atoms with E-state index < -0.39 is 0 Å². The third-order valence-corrected chi connectivity index (χ3v) is 8.24. The molecule has 0 saturated carbocycles. The van der Waals surface area contributed by atoms with Gasteiger partial charge in [-0.3, -0.25) is 4.79 Å². The van der Waals surface area contributed by atoms with Crippen molar-refractivity contribution in [3.8, 4) is 5.75 Å². The van der Waals surface area contributed by atoms with E-state index in [1.54, 1.807) is 24.3 Å². The highest BCUT2D eigenvalue weighted by atomic mass is 16.5. The van der Waals surface area contributed by atoms with Crippen molar-refractivity contribution in [2.24, 2.45) is 5.92 Å². The van der Waals surface area contributed by atoms with Crippen LogP contribution in [0.1, 0.15) is 70.0 Å². The number of unbranched alkanes of at least 4 members (excludes halogenated alkanes) is 2. The predicted molar refractivity (Wildman–Crippen MR) is 178 cm³/mol. The summed E-state index contributed by atoms with van der Waals surface area (Å²) < 4.78 is 21.3. The molecule has 0 aliphatic carbocycles. The number of hydrogen-bond acceptors (Lipinski definition) is 7. The van der Waals surface area contributed by atoms with Crippen molar-refractivity contribution in [1.82, 2.24) is 4.90 Å². The Bertz CT molecular complexity index is 1450. The molecule has 3 aromatic rings. The van der Waals surface area contributed by atoms with Gasteiger partial charge in [0.1, 0.15) is 11.9 Å². The maximum atomic E-state index is 12.2. The molecular weight excluding hydrogens is 582 g/mol. The highest BCUT2D eigenvalue weighted by molar-refractivity contribution is 5.89. The number of amides is 1. The van der Waals surface area contributed by atoms with Crippen molar-refractivity contribution in [3.05, 3.63) is 107 Å². The molecule has 2 unspecified atom stereocenters. The first kappa shape index (κ1) is 34.4. The fourth-order valence-corrected chi connectivity index (χ4v) is 5.49. The number of esters is 2. The van der Waals surface area contributed by atoms with E-state index in [9.17, 15) is 14.4 Å². The lowest BCUT2D eigenvalue weighted by Gasteiger charge is -2.30. The number of rotatable bonds is 16. The molecule has 46 heavy (non-hydrogen) atoms. The van der Waals surface area contributed by atoms with Gasteiger partial charge in [0.25, 0.3) is 5.91 Å². The Balaban J connectivity index is 1.36. The van der Waals surface area contributed by atoms with Crippen LogP contribution in [0.5, 0.6) is 5.75 Å². The first-order valence-electron chi connectivity index (χ1n) is 16.0. The Hall–Kier alpha value is -4.43. The Kier molecular flexibility index (Phi) is 13.4.